The van der Waals surface area contributed by atoms with Gasteiger partial charge < -0.3 is 15.5 Å². The van der Waals surface area contributed by atoms with Crippen LogP contribution in [0.4, 0.5) is 0 Å². The van der Waals surface area contributed by atoms with Crippen LogP contribution in [0.25, 0.3) is 0 Å². The minimum atomic E-state index is -0.837. The van der Waals surface area contributed by atoms with Crippen molar-refractivity contribution in [2.75, 3.05) is 6.61 Å². The van der Waals surface area contributed by atoms with Gasteiger partial charge in [-0.05, 0) is 44.9 Å². The van der Waals surface area contributed by atoms with Crippen molar-refractivity contribution in [1.29, 1.82) is 0 Å². The highest BCUT2D eigenvalue weighted by atomic mass is 16.3. The van der Waals surface area contributed by atoms with Crippen LogP contribution in [-0.2, 0) is 4.79 Å². The second-order valence-electron chi connectivity index (χ2n) is 11.2. The smallest absolute Gasteiger partial charge is 0.220 e. The zero-order chi connectivity index (χ0) is 27.9. The van der Waals surface area contributed by atoms with Crippen LogP contribution in [0.15, 0.2) is 24.3 Å². The van der Waals surface area contributed by atoms with Crippen molar-refractivity contribution in [3.8, 4) is 0 Å². The molecule has 38 heavy (non-hydrogen) atoms. The predicted molar refractivity (Wildman–Crippen MR) is 165 cm³/mol. The standard InChI is InChI=1S/C34H65NO3/c1-3-5-7-9-11-13-15-17-19-21-23-25-27-29-33(37)32(31-36)35-34(38)30-28-26-24-22-20-18-16-14-12-10-8-6-4-2/h14,16,27,29,32-33,36-37H,3-13,15,17-26,28,30-31H2,1-2H3,(H,35,38)/t32-,33+/m0/s1. The number of carbonyl (C=O) groups is 1. The molecule has 224 valence electrons. The van der Waals surface area contributed by atoms with Gasteiger partial charge in [0, 0.05) is 6.42 Å². The summed E-state index contributed by atoms with van der Waals surface area (Å²) in [7, 11) is 0. The molecule has 0 spiro atoms. The van der Waals surface area contributed by atoms with E-state index >= 15 is 0 Å². The van der Waals surface area contributed by atoms with Gasteiger partial charge in [-0.3, -0.25) is 4.79 Å². The number of unbranched alkanes of at least 4 members (excludes halogenated alkanes) is 20. The van der Waals surface area contributed by atoms with E-state index in [-0.39, 0.29) is 12.5 Å². The molecular weight excluding hydrogens is 470 g/mol. The van der Waals surface area contributed by atoms with E-state index in [1.165, 1.54) is 109 Å². The van der Waals surface area contributed by atoms with Crippen molar-refractivity contribution < 1.29 is 15.0 Å². The van der Waals surface area contributed by atoms with Gasteiger partial charge in [0.15, 0.2) is 0 Å². The average Bonchev–Trinajstić information content (AvgIpc) is 2.92. The number of hydrogen-bond acceptors (Lipinski definition) is 3. The molecule has 0 rings (SSSR count). The Morgan fingerprint density at radius 1 is 0.605 bits per heavy atom. The van der Waals surface area contributed by atoms with Crippen LogP contribution in [0.5, 0.6) is 0 Å². The largest absolute Gasteiger partial charge is 0.394 e. The maximum absolute atomic E-state index is 12.2. The van der Waals surface area contributed by atoms with Gasteiger partial charge in [-0.15, -0.1) is 0 Å². The lowest BCUT2D eigenvalue weighted by Crippen LogP contribution is -2.45. The van der Waals surface area contributed by atoms with Gasteiger partial charge >= 0.3 is 0 Å². The van der Waals surface area contributed by atoms with Gasteiger partial charge in [-0.2, -0.15) is 0 Å². The fourth-order valence-electron chi connectivity index (χ4n) is 4.82. The van der Waals surface area contributed by atoms with Crippen LogP contribution in [-0.4, -0.2) is 34.9 Å². The van der Waals surface area contributed by atoms with Crippen LogP contribution in [0.1, 0.15) is 168 Å². The second-order valence-corrected chi connectivity index (χ2v) is 11.2. The number of aliphatic hydroxyl groups is 2. The second kappa shape index (κ2) is 30.4. The summed E-state index contributed by atoms with van der Waals surface area (Å²) in [5.41, 5.74) is 0. The molecule has 4 nitrogen and oxygen atoms in total. The van der Waals surface area contributed by atoms with Gasteiger partial charge in [0.05, 0.1) is 18.8 Å². The highest BCUT2D eigenvalue weighted by molar-refractivity contribution is 5.76. The molecule has 0 saturated heterocycles. The van der Waals surface area contributed by atoms with Crippen molar-refractivity contribution in [3.05, 3.63) is 24.3 Å². The average molecular weight is 536 g/mol. The lowest BCUT2D eigenvalue weighted by Gasteiger charge is -2.20. The molecule has 0 aliphatic heterocycles. The van der Waals surface area contributed by atoms with Gasteiger partial charge in [0.25, 0.3) is 0 Å². The number of carbonyl (C=O) groups excluding carboxylic acids is 1. The minimum Gasteiger partial charge on any atom is -0.394 e. The zero-order valence-corrected chi connectivity index (χ0v) is 25.4. The molecule has 2 atom stereocenters. The molecule has 4 heteroatoms. The number of hydrogen-bond donors (Lipinski definition) is 3. The summed E-state index contributed by atoms with van der Waals surface area (Å²) in [6.45, 7) is 4.26. The maximum atomic E-state index is 12.2. The van der Waals surface area contributed by atoms with Crippen LogP contribution < -0.4 is 5.32 Å². The van der Waals surface area contributed by atoms with Crippen molar-refractivity contribution in [2.45, 2.75) is 180 Å². The first-order valence-corrected chi connectivity index (χ1v) is 16.6. The molecule has 0 bridgehead atoms. The maximum Gasteiger partial charge on any atom is 0.220 e. The Morgan fingerprint density at radius 2 is 1.00 bits per heavy atom. The summed E-state index contributed by atoms with van der Waals surface area (Å²) in [5, 5.41) is 22.8. The number of amides is 1. The van der Waals surface area contributed by atoms with E-state index in [2.05, 4.69) is 31.3 Å². The molecule has 0 saturated carbocycles. The Labute approximate surface area is 237 Å². The topological polar surface area (TPSA) is 69.6 Å². The molecule has 0 aromatic carbocycles. The Kier molecular flexibility index (Phi) is 29.5. The van der Waals surface area contributed by atoms with E-state index in [9.17, 15) is 15.0 Å². The Bertz CT molecular complexity index is 546. The first kappa shape index (κ1) is 36.9. The molecule has 0 radical (unpaired) electrons. The molecule has 0 aliphatic rings. The van der Waals surface area contributed by atoms with Gasteiger partial charge in [0.1, 0.15) is 0 Å². The zero-order valence-electron chi connectivity index (χ0n) is 25.4. The molecule has 0 unspecified atom stereocenters. The van der Waals surface area contributed by atoms with Crippen molar-refractivity contribution in [2.24, 2.45) is 0 Å². The molecule has 1 amide bonds. The molecule has 3 N–H and O–H groups in total. The number of allylic oxidation sites excluding steroid dienone is 3. The highest BCUT2D eigenvalue weighted by Gasteiger charge is 2.17. The summed E-state index contributed by atoms with van der Waals surface area (Å²) in [6.07, 6.45) is 36.7. The van der Waals surface area contributed by atoms with Gasteiger partial charge in [0.2, 0.25) is 5.91 Å². The molecule has 0 aromatic heterocycles. The van der Waals surface area contributed by atoms with E-state index in [1.807, 2.05) is 6.08 Å². The monoisotopic (exact) mass is 535 g/mol. The van der Waals surface area contributed by atoms with E-state index < -0.39 is 12.1 Å². The third-order valence-electron chi connectivity index (χ3n) is 7.43. The molecule has 0 heterocycles. The van der Waals surface area contributed by atoms with Crippen LogP contribution in [0.3, 0.4) is 0 Å². The molecule has 0 aliphatic carbocycles. The quantitative estimate of drug-likeness (QED) is 0.0660. The summed E-state index contributed by atoms with van der Waals surface area (Å²) >= 11 is 0. The van der Waals surface area contributed by atoms with Crippen LogP contribution in [0.2, 0.25) is 0 Å². The lowest BCUT2D eigenvalue weighted by atomic mass is 10.0. The van der Waals surface area contributed by atoms with E-state index in [1.54, 1.807) is 6.08 Å². The summed E-state index contributed by atoms with van der Waals surface area (Å²) < 4.78 is 0. The van der Waals surface area contributed by atoms with Crippen molar-refractivity contribution in [3.63, 3.8) is 0 Å². The van der Waals surface area contributed by atoms with E-state index in [4.69, 9.17) is 0 Å². The van der Waals surface area contributed by atoms with Gasteiger partial charge in [-0.1, -0.05) is 141 Å². The van der Waals surface area contributed by atoms with Crippen molar-refractivity contribution in [1.82, 2.24) is 5.32 Å². The van der Waals surface area contributed by atoms with E-state index in [0.717, 1.165) is 38.5 Å². The Balaban J connectivity index is 3.68. The summed E-state index contributed by atoms with van der Waals surface area (Å²) in [4.78, 5) is 12.2. The lowest BCUT2D eigenvalue weighted by molar-refractivity contribution is -0.123. The Morgan fingerprint density at radius 3 is 1.47 bits per heavy atom. The fourth-order valence-corrected chi connectivity index (χ4v) is 4.82. The number of rotatable bonds is 29. The van der Waals surface area contributed by atoms with E-state index in [0.29, 0.717) is 6.42 Å². The third kappa shape index (κ3) is 26.5. The molecular formula is C34H65NO3. The van der Waals surface area contributed by atoms with Crippen LogP contribution in [0, 0.1) is 0 Å². The van der Waals surface area contributed by atoms with Gasteiger partial charge in [-0.25, -0.2) is 0 Å². The first-order chi connectivity index (χ1) is 18.7. The minimum absolute atomic E-state index is 0.0760. The normalized spacial score (nSPS) is 13.5. The van der Waals surface area contributed by atoms with Crippen LogP contribution >= 0.6 is 0 Å². The fraction of sp³-hybridized carbons (Fsp3) is 0.853. The molecule has 0 aromatic rings. The summed E-state index contributed by atoms with van der Waals surface area (Å²) in [6, 6.07) is -0.621. The van der Waals surface area contributed by atoms with Crippen molar-refractivity contribution >= 4 is 5.91 Å². The predicted octanol–water partition coefficient (Wildman–Crippen LogP) is 9.34. The first-order valence-electron chi connectivity index (χ1n) is 16.6. The highest BCUT2D eigenvalue weighted by Crippen LogP contribution is 2.13. The Hall–Kier alpha value is -1.13. The third-order valence-corrected chi connectivity index (χ3v) is 7.43. The molecule has 0 fully saturated rings. The SMILES string of the molecule is CCCCCCC=CCCCCCCCC(=O)N[C@@H](CO)[C@H](O)C=CCCCCCCCCCCCCC. The summed E-state index contributed by atoms with van der Waals surface area (Å²) in [5.74, 6) is -0.0760. The number of aliphatic hydroxyl groups excluding tert-OH is 2. The number of nitrogens with one attached hydrogen (secondary N) is 1.